The van der Waals surface area contributed by atoms with Gasteiger partial charge in [-0.1, -0.05) is 54.6 Å². The Balaban J connectivity index is 1.93. The largest absolute Gasteiger partial charge is 0.482 e. The lowest BCUT2D eigenvalue weighted by molar-refractivity contribution is 0.161. The number of ether oxygens (including phenoxy) is 1. The Kier molecular flexibility index (Phi) is 3.25. The number of nitrogens with zero attached hydrogens (tertiary/aromatic N) is 1. The molecule has 0 saturated heterocycles. The van der Waals surface area contributed by atoms with Gasteiger partial charge in [-0.3, -0.25) is 0 Å². The molecular formula is C23H17NO3. The fraction of sp³-hybridized carbons (Fsp3) is 0.130. The predicted octanol–water partition coefficient (Wildman–Crippen LogP) is 5.19. The molecule has 0 amide bonds. The van der Waals surface area contributed by atoms with Crippen LogP contribution in [0.15, 0.2) is 69.9 Å². The first-order valence-corrected chi connectivity index (χ1v) is 8.87. The first kappa shape index (κ1) is 15.8. The maximum Gasteiger partial charge on any atom is 0.363 e. The Morgan fingerprint density at radius 1 is 0.926 bits per heavy atom. The van der Waals surface area contributed by atoms with Crippen molar-refractivity contribution in [3.05, 3.63) is 76.7 Å². The summed E-state index contributed by atoms with van der Waals surface area (Å²) in [5.41, 5.74) is 2.05. The van der Waals surface area contributed by atoms with E-state index in [1.54, 1.807) is 0 Å². The minimum atomic E-state index is -0.454. The molecule has 0 N–H and O–H groups in total. The van der Waals surface area contributed by atoms with Gasteiger partial charge in [0.2, 0.25) is 0 Å². The highest BCUT2D eigenvalue weighted by Crippen LogP contribution is 2.42. The molecule has 27 heavy (non-hydrogen) atoms. The number of fused-ring (bicyclic) bond motifs is 6. The highest BCUT2D eigenvalue weighted by molar-refractivity contribution is 6.11. The van der Waals surface area contributed by atoms with Gasteiger partial charge in [0.25, 0.3) is 0 Å². The smallest absolute Gasteiger partial charge is 0.363 e. The molecule has 132 valence electrons. The van der Waals surface area contributed by atoms with E-state index in [0.29, 0.717) is 16.8 Å². The van der Waals surface area contributed by atoms with Gasteiger partial charge in [0, 0.05) is 16.3 Å². The average Bonchev–Trinajstić information content (AvgIpc) is 2.68. The minimum Gasteiger partial charge on any atom is -0.482 e. The summed E-state index contributed by atoms with van der Waals surface area (Å²) in [5, 5.41) is 1.86. The molecule has 0 spiro atoms. The highest BCUT2D eigenvalue weighted by Gasteiger charge is 2.27. The molecule has 0 saturated carbocycles. The molecule has 2 heterocycles. The van der Waals surface area contributed by atoms with Gasteiger partial charge in [-0.05, 0) is 26.0 Å². The molecular weight excluding hydrogens is 338 g/mol. The molecule has 3 aromatic carbocycles. The van der Waals surface area contributed by atoms with Crippen molar-refractivity contribution in [1.29, 1.82) is 0 Å². The Hall–Kier alpha value is -3.40. The van der Waals surface area contributed by atoms with E-state index in [4.69, 9.17) is 14.1 Å². The molecule has 1 aromatic heterocycles. The van der Waals surface area contributed by atoms with Crippen LogP contribution in [-0.4, -0.2) is 10.6 Å². The quantitative estimate of drug-likeness (QED) is 0.441. The van der Waals surface area contributed by atoms with Crippen LogP contribution in [0.5, 0.6) is 5.75 Å². The normalized spacial score (nSPS) is 14.9. The van der Waals surface area contributed by atoms with Crippen LogP contribution in [0, 0.1) is 0 Å². The fourth-order valence-corrected chi connectivity index (χ4v) is 3.52. The maximum atomic E-state index is 12.7. The molecule has 0 fully saturated rings. The zero-order chi connectivity index (χ0) is 18.6. The maximum absolute atomic E-state index is 12.7. The van der Waals surface area contributed by atoms with Crippen LogP contribution in [0.1, 0.15) is 19.4 Å². The second kappa shape index (κ2) is 5.55. The Morgan fingerprint density at radius 3 is 2.41 bits per heavy atom. The summed E-state index contributed by atoms with van der Waals surface area (Å²) in [6, 6.07) is 17.3. The van der Waals surface area contributed by atoms with Crippen molar-refractivity contribution in [2.45, 2.75) is 19.4 Å². The predicted molar refractivity (Wildman–Crippen MR) is 107 cm³/mol. The van der Waals surface area contributed by atoms with Crippen molar-refractivity contribution < 1.29 is 9.15 Å². The van der Waals surface area contributed by atoms with Crippen LogP contribution in [0.25, 0.3) is 39.2 Å². The van der Waals surface area contributed by atoms with Crippen molar-refractivity contribution in [3.8, 4) is 17.0 Å². The summed E-state index contributed by atoms with van der Waals surface area (Å²) in [4.78, 5) is 17.4. The summed E-state index contributed by atoms with van der Waals surface area (Å²) >= 11 is 0. The molecule has 4 nitrogen and oxygen atoms in total. The lowest BCUT2D eigenvalue weighted by Crippen LogP contribution is -2.27. The summed E-state index contributed by atoms with van der Waals surface area (Å²) in [6.07, 6.45) is 3.93. The van der Waals surface area contributed by atoms with Crippen LogP contribution in [-0.2, 0) is 0 Å². The SMILES string of the molecule is CC1(C)C=Cc2c(c3ccccc3c3nc(-c4ccccc4)c(=O)oc23)O1. The number of benzene rings is 3. The lowest BCUT2D eigenvalue weighted by atomic mass is 9.97. The molecule has 1 aliphatic heterocycles. The molecule has 0 radical (unpaired) electrons. The molecule has 0 atom stereocenters. The van der Waals surface area contributed by atoms with Crippen LogP contribution >= 0.6 is 0 Å². The molecule has 0 unspecified atom stereocenters. The van der Waals surface area contributed by atoms with Crippen LogP contribution in [0.3, 0.4) is 0 Å². The summed E-state index contributed by atoms with van der Waals surface area (Å²) in [6.45, 7) is 4.00. The topological polar surface area (TPSA) is 52.3 Å². The molecule has 1 aliphatic rings. The summed E-state index contributed by atoms with van der Waals surface area (Å²) in [7, 11) is 0. The van der Waals surface area contributed by atoms with Gasteiger partial charge in [-0.25, -0.2) is 9.78 Å². The van der Waals surface area contributed by atoms with Crippen molar-refractivity contribution in [3.63, 3.8) is 0 Å². The van der Waals surface area contributed by atoms with Gasteiger partial charge in [0.1, 0.15) is 16.9 Å². The number of hydrogen-bond acceptors (Lipinski definition) is 4. The van der Waals surface area contributed by atoms with E-state index in [2.05, 4.69) is 0 Å². The molecule has 4 heteroatoms. The van der Waals surface area contributed by atoms with Crippen LogP contribution < -0.4 is 10.4 Å². The monoisotopic (exact) mass is 355 g/mol. The van der Waals surface area contributed by atoms with Crippen LogP contribution in [0.2, 0.25) is 0 Å². The zero-order valence-corrected chi connectivity index (χ0v) is 15.0. The van der Waals surface area contributed by atoms with E-state index >= 15 is 0 Å². The first-order valence-electron chi connectivity index (χ1n) is 8.87. The van der Waals surface area contributed by atoms with E-state index in [1.165, 1.54) is 0 Å². The molecule has 4 aromatic rings. The third-order valence-corrected chi connectivity index (χ3v) is 4.81. The van der Waals surface area contributed by atoms with Gasteiger partial charge in [-0.2, -0.15) is 0 Å². The van der Waals surface area contributed by atoms with Gasteiger partial charge < -0.3 is 9.15 Å². The Morgan fingerprint density at radius 2 is 1.63 bits per heavy atom. The van der Waals surface area contributed by atoms with Gasteiger partial charge in [-0.15, -0.1) is 0 Å². The van der Waals surface area contributed by atoms with Crippen molar-refractivity contribution in [2.75, 3.05) is 0 Å². The van der Waals surface area contributed by atoms with E-state index < -0.39 is 11.2 Å². The standard InChI is InChI=1S/C23H17NO3/c1-23(2)13-12-17-20(27-23)16-11-7-6-10-15(16)19-21(17)26-22(25)18(24-19)14-8-4-3-5-9-14/h3-13H,1-2H3. The Bertz CT molecular complexity index is 1280. The lowest BCUT2D eigenvalue weighted by Gasteiger charge is -2.29. The van der Waals surface area contributed by atoms with E-state index in [0.717, 1.165) is 27.6 Å². The third-order valence-electron chi connectivity index (χ3n) is 4.81. The fourth-order valence-electron chi connectivity index (χ4n) is 3.52. The van der Waals surface area contributed by atoms with Gasteiger partial charge in [0.05, 0.1) is 5.56 Å². The highest BCUT2D eigenvalue weighted by atomic mass is 16.5. The van der Waals surface area contributed by atoms with E-state index in [-0.39, 0.29) is 0 Å². The third kappa shape index (κ3) is 2.45. The molecule has 0 bridgehead atoms. The van der Waals surface area contributed by atoms with Crippen molar-refractivity contribution in [1.82, 2.24) is 4.98 Å². The summed E-state index contributed by atoms with van der Waals surface area (Å²) in [5.74, 6) is 0.725. The van der Waals surface area contributed by atoms with Gasteiger partial charge in [0.15, 0.2) is 11.3 Å². The number of hydrogen-bond donors (Lipinski definition) is 0. The number of aromatic nitrogens is 1. The van der Waals surface area contributed by atoms with E-state index in [1.807, 2.05) is 80.6 Å². The average molecular weight is 355 g/mol. The minimum absolute atomic E-state index is 0.314. The Labute approximate surface area is 155 Å². The molecule has 5 rings (SSSR count). The number of rotatable bonds is 1. The van der Waals surface area contributed by atoms with Crippen molar-refractivity contribution >= 4 is 27.9 Å². The summed E-state index contributed by atoms with van der Waals surface area (Å²) < 4.78 is 12.0. The molecule has 0 aliphatic carbocycles. The van der Waals surface area contributed by atoms with Crippen molar-refractivity contribution in [2.24, 2.45) is 0 Å². The van der Waals surface area contributed by atoms with Gasteiger partial charge >= 0.3 is 5.63 Å². The zero-order valence-electron chi connectivity index (χ0n) is 15.0. The van der Waals surface area contributed by atoms with E-state index in [9.17, 15) is 4.79 Å². The second-order valence-electron chi connectivity index (χ2n) is 7.22. The second-order valence-corrected chi connectivity index (χ2v) is 7.22. The first-order chi connectivity index (χ1) is 13.0. The van der Waals surface area contributed by atoms with Crippen LogP contribution in [0.4, 0.5) is 0 Å².